The molecule has 5 heteroatoms. The van der Waals surface area contributed by atoms with Crippen molar-refractivity contribution < 1.29 is 4.79 Å². The van der Waals surface area contributed by atoms with Gasteiger partial charge in [-0.1, -0.05) is 49.7 Å². The van der Waals surface area contributed by atoms with Crippen molar-refractivity contribution in [3.8, 4) is 0 Å². The smallest absolute Gasteiger partial charge is 0.257 e. The van der Waals surface area contributed by atoms with Crippen LogP contribution in [0.25, 0.3) is 0 Å². The van der Waals surface area contributed by atoms with E-state index in [1.54, 1.807) is 24.4 Å². The van der Waals surface area contributed by atoms with Crippen LogP contribution in [-0.2, 0) is 6.54 Å². The number of aromatic nitrogens is 1. The first-order chi connectivity index (χ1) is 12.9. The summed E-state index contributed by atoms with van der Waals surface area (Å²) in [7, 11) is 0. The van der Waals surface area contributed by atoms with Crippen molar-refractivity contribution in [1.29, 1.82) is 0 Å². The Bertz CT molecular complexity index is 990. The van der Waals surface area contributed by atoms with Crippen LogP contribution in [0.1, 0.15) is 41.3 Å². The number of rotatable bonds is 5. The van der Waals surface area contributed by atoms with Crippen molar-refractivity contribution in [2.45, 2.75) is 26.3 Å². The number of carbonyl (C=O) groups is 1. The van der Waals surface area contributed by atoms with Crippen LogP contribution in [-0.4, -0.2) is 10.5 Å². The van der Waals surface area contributed by atoms with Crippen LogP contribution in [0, 0.1) is 0 Å². The Labute approximate surface area is 163 Å². The second-order valence-electron chi connectivity index (χ2n) is 6.74. The van der Waals surface area contributed by atoms with Gasteiger partial charge in [0.2, 0.25) is 0 Å². The van der Waals surface area contributed by atoms with Gasteiger partial charge in [0.15, 0.2) is 0 Å². The number of carbonyl (C=O) groups excluding carboxylic acids is 1. The minimum atomic E-state index is -0.253. The summed E-state index contributed by atoms with van der Waals surface area (Å²) in [6, 6.07) is 18.0. The van der Waals surface area contributed by atoms with Gasteiger partial charge < -0.3 is 9.88 Å². The summed E-state index contributed by atoms with van der Waals surface area (Å²) in [5.41, 5.74) is 3.13. The number of anilines is 1. The van der Waals surface area contributed by atoms with Gasteiger partial charge in [-0.2, -0.15) is 0 Å². The molecule has 0 saturated heterocycles. The summed E-state index contributed by atoms with van der Waals surface area (Å²) in [5.74, 6) is 0.184. The molecule has 0 radical (unpaired) electrons. The molecular formula is C22H21ClN2O2. The van der Waals surface area contributed by atoms with E-state index in [4.69, 9.17) is 11.6 Å². The van der Waals surface area contributed by atoms with Crippen molar-refractivity contribution in [2.24, 2.45) is 0 Å². The van der Waals surface area contributed by atoms with Gasteiger partial charge in [0.05, 0.1) is 12.1 Å². The van der Waals surface area contributed by atoms with Crippen LogP contribution in [0.3, 0.4) is 0 Å². The molecule has 4 nitrogen and oxygen atoms in total. The van der Waals surface area contributed by atoms with Crippen LogP contribution in [0.15, 0.2) is 71.7 Å². The summed E-state index contributed by atoms with van der Waals surface area (Å²) in [6.07, 6.45) is 1.58. The van der Waals surface area contributed by atoms with Crippen LogP contribution < -0.4 is 10.9 Å². The Balaban J connectivity index is 1.77. The van der Waals surface area contributed by atoms with E-state index in [-0.39, 0.29) is 11.5 Å². The van der Waals surface area contributed by atoms with E-state index in [1.807, 2.05) is 36.4 Å². The molecule has 0 aliphatic carbocycles. The summed E-state index contributed by atoms with van der Waals surface area (Å²) in [4.78, 5) is 24.7. The number of nitrogens with one attached hydrogen (secondary N) is 1. The second kappa shape index (κ2) is 8.23. The summed E-state index contributed by atoms with van der Waals surface area (Å²) >= 11 is 5.90. The third-order valence-electron chi connectivity index (χ3n) is 4.35. The minimum absolute atomic E-state index is 0.164. The van der Waals surface area contributed by atoms with Crippen LogP contribution in [0.2, 0.25) is 5.02 Å². The van der Waals surface area contributed by atoms with E-state index < -0.39 is 0 Å². The molecule has 1 amide bonds. The van der Waals surface area contributed by atoms with E-state index in [1.165, 1.54) is 16.2 Å². The molecule has 0 spiro atoms. The third-order valence-corrected chi connectivity index (χ3v) is 4.60. The topological polar surface area (TPSA) is 51.1 Å². The molecule has 0 aliphatic heterocycles. The fourth-order valence-corrected chi connectivity index (χ4v) is 2.86. The van der Waals surface area contributed by atoms with Gasteiger partial charge in [0, 0.05) is 23.0 Å². The van der Waals surface area contributed by atoms with E-state index in [0.29, 0.717) is 23.0 Å². The largest absolute Gasteiger partial charge is 0.322 e. The quantitative estimate of drug-likeness (QED) is 0.682. The zero-order valence-electron chi connectivity index (χ0n) is 15.3. The van der Waals surface area contributed by atoms with Crippen LogP contribution >= 0.6 is 11.6 Å². The van der Waals surface area contributed by atoms with Crippen molar-refractivity contribution in [2.75, 3.05) is 5.32 Å². The molecular weight excluding hydrogens is 360 g/mol. The molecule has 0 bridgehead atoms. The Morgan fingerprint density at radius 1 is 1.00 bits per heavy atom. The van der Waals surface area contributed by atoms with Crippen molar-refractivity contribution in [3.05, 3.63) is 98.9 Å². The van der Waals surface area contributed by atoms with Crippen molar-refractivity contribution >= 4 is 23.2 Å². The molecule has 27 heavy (non-hydrogen) atoms. The molecule has 1 N–H and O–H groups in total. The lowest BCUT2D eigenvalue weighted by molar-refractivity contribution is 0.102. The first-order valence-corrected chi connectivity index (χ1v) is 9.16. The van der Waals surface area contributed by atoms with Crippen LogP contribution in [0.4, 0.5) is 5.69 Å². The van der Waals surface area contributed by atoms with Gasteiger partial charge in [-0.05, 0) is 47.4 Å². The highest BCUT2D eigenvalue weighted by molar-refractivity contribution is 6.30. The van der Waals surface area contributed by atoms with E-state index >= 15 is 0 Å². The highest BCUT2D eigenvalue weighted by atomic mass is 35.5. The molecule has 3 aromatic rings. The van der Waals surface area contributed by atoms with E-state index in [9.17, 15) is 9.59 Å². The van der Waals surface area contributed by atoms with Crippen molar-refractivity contribution in [1.82, 2.24) is 4.57 Å². The summed E-state index contributed by atoms with van der Waals surface area (Å²) < 4.78 is 1.51. The lowest BCUT2D eigenvalue weighted by Crippen LogP contribution is -2.22. The van der Waals surface area contributed by atoms with Gasteiger partial charge in [0.1, 0.15) is 0 Å². The van der Waals surface area contributed by atoms with E-state index in [0.717, 1.165) is 11.3 Å². The summed E-state index contributed by atoms with van der Waals surface area (Å²) in [5, 5.41) is 3.51. The molecule has 0 aliphatic rings. The monoisotopic (exact) mass is 380 g/mol. The fourth-order valence-electron chi connectivity index (χ4n) is 2.73. The molecule has 2 aromatic carbocycles. The average Bonchev–Trinajstić information content (AvgIpc) is 2.65. The Kier molecular flexibility index (Phi) is 5.77. The number of halogens is 1. The Hall–Kier alpha value is -2.85. The second-order valence-corrected chi connectivity index (χ2v) is 7.18. The lowest BCUT2D eigenvalue weighted by Gasteiger charge is -2.10. The highest BCUT2D eigenvalue weighted by Crippen LogP contribution is 2.17. The van der Waals surface area contributed by atoms with Crippen LogP contribution in [0.5, 0.6) is 0 Å². The molecule has 1 aromatic heterocycles. The molecule has 0 atom stereocenters. The van der Waals surface area contributed by atoms with Crippen molar-refractivity contribution in [3.63, 3.8) is 0 Å². The molecule has 138 valence electrons. The van der Waals surface area contributed by atoms with Gasteiger partial charge >= 0.3 is 0 Å². The average molecular weight is 381 g/mol. The fraction of sp³-hybridized carbons (Fsp3) is 0.182. The van der Waals surface area contributed by atoms with Gasteiger partial charge in [-0.3, -0.25) is 9.59 Å². The number of hydrogen-bond donors (Lipinski definition) is 1. The molecule has 0 unspecified atom stereocenters. The Morgan fingerprint density at radius 2 is 1.67 bits per heavy atom. The zero-order valence-corrected chi connectivity index (χ0v) is 16.0. The number of nitrogens with zero attached hydrogens (tertiary/aromatic N) is 1. The first kappa shape index (κ1) is 18.9. The number of amides is 1. The minimum Gasteiger partial charge on any atom is -0.322 e. The maximum atomic E-state index is 12.5. The Morgan fingerprint density at radius 3 is 2.30 bits per heavy atom. The molecule has 3 rings (SSSR count). The molecule has 0 saturated carbocycles. The zero-order chi connectivity index (χ0) is 19.4. The van der Waals surface area contributed by atoms with Gasteiger partial charge in [-0.25, -0.2) is 0 Å². The summed E-state index contributed by atoms with van der Waals surface area (Å²) in [6.45, 7) is 4.62. The number of benzene rings is 2. The highest BCUT2D eigenvalue weighted by Gasteiger charge is 2.09. The predicted octanol–water partition coefficient (Wildman–Crippen LogP) is 4.93. The standard InChI is InChI=1S/C22H21ClN2O2/c1-15(2)17-5-10-20(11-6-17)24-22(27)18-7-12-21(26)25(14-18)13-16-3-8-19(23)9-4-16/h3-12,14-15H,13H2,1-2H3,(H,24,27). The maximum Gasteiger partial charge on any atom is 0.257 e. The molecule has 0 fully saturated rings. The van der Waals surface area contributed by atoms with Gasteiger partial charge in [-0.15, -0.1) is 0 Å². The SMILES string of the molecule is CC(C)c1ccc(NC(=O)c2ccc(=O)n(Cc3ccc(Cl)cc3)c2)cc1. The number of hydrogen-bond acceptors (Lipinski definition) is 2. The lowest BCUT2D eigenvalue weighted by atomic mass is 10.0. The third kappa shape index (κ3) is 4.86. The maximum absolute atomic E-state index is 12.5. The number of pyridine rings is 1. The molecule has 1 heterocycles. The van der Waals surface area contributed by atoms with E-state index in [2.05, 4.69) is 19.2 Å². The van der Waals surface area contributed by atoms with Gasteiger partial charge in [0.25, 0.3) is 11.5 Å². The first-order valence-electron chi connectivity index (χ1n) is 8.78. The predicted molar refractivity (Wildman–Crippen MR) is 110 cm³/mol. The normalized spacial score (nSPS) is 10.8.